The molecule has 1 aliphatic rings. The van der Waals surface area contributed by atoms with Crippen LogP contribution in [0.3, 0.4) is 0 Å². The summed E-state index contributed by atoms with van der Waals surface area (Å²) in [5.74, 6) is -0.184. The molecule has 152 valence electrons. The number of nitrogens with one attached hydrogen (secondary N) is 1. The van der Waals surface area contributed by atoms with Crippen LogP contribution in [0.1, 0.15) is 31.9 Å². The fraction of sp³-hybridized carbons (Fsp3) is 0.250. The molecule has 0 bridgehead atoms. The first-order chi connectivity index (χ1) is 14.5. The summed E-state index contributed by atoms with van der Waals surface area (Å²) < 4.78 is 0. The molecule has 0 aliphatic carbocycles. The molecule has 4 rings (SSSR count). The number of carbonyl (C=O) groups excluding carboxylic acids is 1. The van der Waals surface area contributed by atoms with E-state index in [2.05, 4.69) is 40.6 Å². The number of carbonyl (C=O) groups is 1. The van der Waals surface area contributed by atoms with Crippen molar-refractivity contribution in [2.24, 2.45) is 0 Å². The molecule has 0 unspecified atom stereocenters. The molecule has 1 amide bonds. The Hall–Kier alpha value is -3.14. The van der Waals surface area contributed by atoms with Crippen LogP contribution in [0.5, 0.6) is 0 Å². The summed E-state index contributed by atoms with van der Waals surface area (Å²) in [6.45, 7) is 2.60. The second kappa shape index (κ2) is 8.70. The molecule has 2 heterocycles. The molecule has 0 saturated carbocycles. The Labute approximate surface area is 181 Å². The van der Waals surface area contributed by atoms with Crippen molar-refractivity contribution in [3.63, 3.8) is 0 Å². The van der Waals surface area contributed by atoms with Crippen LogP contribution >= 0.6 is 11.3 Å². The highest BCUT2D eigenvalue weighted by atomic mass is 32.1. The van der Waals surface area contributed by atoms with Gasteiger partial charge in [-0.2, -0.15) is 5.26 Å². The zero-order chi connectivity index (χ0) is 21.1. The molecule has 0 saturated heterocycles. The highest BCUT2D eigenvalue weighted by molar-refractivity contribution is 7.16. The van der Waals surface area contributed by atoms with Gasteiger partial charge in [0, 0.05) is 49.9 Å². The van der Waals surface area contributed by atoms with Gasteiger partial charge in [-0.3, -0.25) is 9.69 Å². The van der Waals surface area contributed by atoms with E-state index in [9.17, 15) is 10.1 Å². The van der Waals surface area contributed by atoms with Crippen LogP contribution in [0.25, 0.3) is 0 Å². The van der Waals surface area contributed by atoms with Crippen LogP contribution in [-0.2, 0) is 19.5 Å². The van der Waals surface area contributed by atoms with E-state index in [0.29, 0.717) is 16.1 Å². The lowest BCUT2D eigenvalue weighted by Gasteiger charge is -2.26. The average Bonchev–Trinajstić information content (AvgIpc) is 3.10. The third-order valence-corrected chi connectivity index (χ3v) is 6.50. The molecule has 1 aromatic heterocycles. The number of fused-ring (bicyclic) bond motifs is 1. The maximum absolute atomic E-state index is 12.7. The highest BCUT2D eigenvalue weighted by Gasteiger charge is 2.25. The van der Waals surface area contributed by atoms with Crippen LogP contribution in [0.4, 0.5) is 10.7 Å². The number of nitrogens with zero attached hydrogens (tertiary/aromatic N) is 3. The number of nitriles is 1. The monoisotopic (exact) mass is 416 g/mol. The first kappa shape index (κ1) is 20.1. The lowest BCUT2D eigenvalue weighted by Crippen LogP contribution is -2.29. The fourth-order valence-corrected chi connectivity index (χ4v) is 4.96. The quantitative estimate of drug-likeness (QED) is 0.665. The van der Waals surface area contributed by atoms with Gasteiger partial charge in [0.2, 0.25) is 0 Å². The number of anilines is 2. The van der Waals surface area contributed by atoms with Crippen molar-refractivity contribution in [2.75, 3.05) is 30.9 Å². The third kappa shape index (κ3) is 4.23. The van der Waals surface area contributed by atoms with E-state index >= 15 is 0 Å². The maximum atomic E-state index is 12.7. The van der Waals surface area contributed by atoms with Crippen molar-refractivity contribution < 1.29 is 4.79 Å². The van der Waals surface area contributed by atoms with Gasteiger partial charge in [-0.05, 0) is 41.8 Å². The van der Waals surface area contributed by atoms with Gasteiger partial charge in [-0.1, -0.05) is 30.3 Å². The molecule has 1 aliphatic heterocycles. The molecule has 1 N–H and O–H groups in total. The van der Waals surface area contributed by atoms with Crippen LogP contribution in [-0.4, -0.2) is 31.4 Å². The topological polar surface area (TPSA) is 59.4 Å². The Kier molecular flexibility index (Phi) is 5.84. The Bertz CT molecular complexity index is 1080. The normalized spacial score (nSPS) is 13.4. The predicted molar refractivity (Wildman–Crippen MR) is 122 cm³/mol. The van der Waals surface area contributed by atoms with E-state index in [4.69, 9.17) is 0 Å². The van der Waals surface area contributed by atoms with Crippen molar-refractivity contribution in [1.29, 1.82) is 5.26 Å². The molecule has 2 aromatic carbocycles. The number of thiophene rings is 1. The maximum Gasteiger partial charge on any atom is 0.256 e. The molecule has 0 radical (unpaired) electrons. The molecule has 0 spiro atoms. The minimum Gasteiger partial charge on any atom is -0.378 e. The molecule has 0 fully saturated rings. The Morgan fingerprint density at radius 3 is 2.57 bits per heavy atom. The van der Waals surface area contributed by atoms with Gasteiger partial charge >= 0.3 is 0 Å². The lowest BCUT2D eigenvalue weighted by atomic mass is 10.0. The van der Waals surface area contributed by atoms with Crippen molar-refractivity contribution in [1.82, 2.24) is 4.90 Å². The van der Waals surface area contributed by atoms with E-state index in [1.54, 1.807) is 0 Å². The second-order valence-corrected chi connectivity index (χ2v) is 8.77. The van der Waals surface area contributed by atoms with E-state index < -0.39 is 0 Å². The standard InChI is InChI=1S/C24H24N4OS/c1-27(2)19-10-8-18(9-11-19)23(29)26-24-21(14-25)20-12-13-28(16-22(20)30-24)15-17-6-4-3-5-7-17/h3-11H,12-13,15-16H2,1-2H3,(H,26,29). The number of rotatable bonds is 5. The first-order valence-electron chi connectivity index (χ1n) is 9.95. The summed E-state index contributed by atoms with van der Waals surface area (Å²) in [5, 5.41) is 13.4. The van der Waals surface area contributed by atoms with Crippen LogP contribution in [0, 0.1) is 11.3 Å². The van der Waals surface area contributed by atoms with Crippen molar-refractivity contribution in [3.8, 4) is 6.07 Å². The number of hydrogen-bond acceptors (Lipinski definition) is 5. The minimum atomic E-state index is -0.184. The smallest absolute Gasteiger partial charge is 0.256 e. The summed E-state index contributed by atoms with van der Waals surface area (Å²) >= 11 is 1.53. The minimum absolute atomic E-state index is 0.184. The summed E-state index contributed by atoms with van der Waals surface area (Å²) in [5.41, 5.74) is 4.61. The zero-order valence-corrected chi connectivity index (χ0v) is 18.0. The number of amides is 1. The van der Waals surface area contributed by atoms with E-state index in [1.165, 1.54) is 21.8 Å². The SMILES string of the molecule is CN(C)c1ccc(C(=O)Nc2sc3c(c2C#N)CCN(Cc2ccccc2)C3)cc1. The van der Waals surface area contributed by atoms with Gasteiger partial charge in [-0.15, -0.1) is 11.3 Å². The third-order valence-electron chi connectivity index (χ3n) is 5.37. The summed E-state index contributed by atoms with van der Waals surface area (Å²) in [7, 11) is 3.93. The predicted octanol–water partition coefficient (Wildman–Crippen LogP) is 4.50. The van der Waals surface area contributed by atoms with Crippen molar-refractivity contribution in [3.05, 3.63) is 81.7 Å². The summed E-state index contributed by atoms with van der Waals surface area (Å²) in [6, 6.07) is 20.2. The zero-order valence-electron chi connectivity index (χ0n) is 17.2. The van der Waals surface area contributed by atoms with Gasteiger partial charge in [0.1, 0.15) is 11.1 Å². The number of benzene rings is 2. The lowest BCUT2D eigenvalue weighted by molar-refractivity contribution is 0.102. The van der Waals surface area contributed by atoms with Gasteiger partial charge in [0.05, 0.1) is 5.56 Å². The summed E-state index contributed by atoms with van der Waals surface area (Å²) in [6.07, 6.45) is 0.828. The highest BCUT2D eigenvalue weighted by Crippen LogP contribution is 2.37. The van der Waals surface area contributed by atoms with Gasteiger partial charge in [0.25, 0.3) is 5.91 Å². The van der Waals surface area contributed by atoms with Crippen molar-refractivity contribution >= 4 is 27.9 Å². The fourth-order valence-electron chi connectivity index (χ4n) is 3.73. The second-order valence-electron chi connectivity index (χ2n) is 7.66. The molecule has 30 heavy (non-hydrogen) atoms. The van der Waals surface area contributed by atoms with E-state index in [0.717, 1.165) is 37.3 Å². The van der Waals surface area contributed by atoms with Crippen LogP contribution < -0.4 is 10.2 Å². The Morgan fingerprint density at radius 2 is 1.90 bits per heavy atom. The van der Waals surface area contributed by atoms with E-state index in [1.807, 2.05) is 49.3 Å². The number of hydrogen-bond donors (Lipinski definition) is 1. The first-order valence-corrected chi connectivity index (χ1v) is 10.8. The summed E-state index contributed by atoms with van der Waals surface area (Å²) in [4.78, 5) is 18.3. The van der Waals surface area contributed by atoms with Crippen LogP contribution in [0.2, 0.25) is 0 Å². The molecule has 3 aromatic rings. The van der Waals surface area contributed by atoms with E-state index in [-0.39, 0.29) is 5.91 Å². The molecule has 0 atom stereocenters. The van der Waals surface area contributed by atoms with Crippen molar-refractivity contribution in [2.45, 2.75) is 19.5 Å². The Morgan fingerprint density at radius 1 is 1.17 bits per heavy atom. The molecule has 5 nitrogen and oxygen atoms in total. The van der Waals surface area contributed by atoms with Gasteiger partial charge < -0.3 is 10.2 Å². The van der Waals surface area contributed by atoms with Crippen LogP contribution in [0.15, 0.2) is 54.6 Å². The average molecular weight is 417 g/mol. The molecular weight excluding hydrogens is 392 g/mol. The van der Waals surface area contributed by atoms with Gasteiger partial charge in [0.15, 0.2) is 0 Å². The van der Waals surface area contributed by atoms with Gasteiger partial charge in [-0.25, -0.2) is 0 Å². The molecule has 6 heteroatoms. The molecular formula is C24H24N4OS. The Balaban J connectivity index is 1.50. The largest absolute Gasteiger partial charge is 0.378 e.